The minimum atomic E-state index is 0.152. The van der Waals surface area contributed by atoms with Crippen LogP contribution in [0, 0.1) is 6.92 Å². The summed E-state index contributed by atoms with van der Waals surface area (Å²) < 4.78 is 11.8. The van der Waals surface area contributed by atoms with Crippen LogP contribution in [0.2, 0.25) is 5.02 Å². The van der Waals surface area contributed by atoms with E-state index in [1.165, 1.54) is 0 Å². The molecule has 0 amide bonds. The Balaban J connectivity index is 1.73. The highest BCUT2D eigenvalue weighted by Gasteiger charge is 2.12. The van der Waals surface area contributed by atoms with Crippen LogP contribution in [0.4, 0.5) is 0 Å². The van der Waals surface area contributed by atoms with Gasteiger partial charge in [-0.2, -0.15) is 4.98 Å². The highest BCUT2D eigenvalue weighted by Crippen LogP contribution is 2.33. The molecule has 0 fully saturated rings. The van der Waals surface area contributed by atoms with E-state index in [1.807, 2.05) is 25.1 Å². The van der Waals surface area contributed by atoms with E-state index in [2.05, 4.69) is 31.1 Å². The Morgan fingerprint density at radius 2 is 2.00 bits per heavy atom. The Hall–Kier alpha value is -1.92. The fourth-order valence-electron chi connectivity index (χ4n) is 1.82. The van der Waals surface area contributed by atoms with Crippen molar-refractivity contribution in [2.45, 2.75) is 13.5 Å². The van der Waals surface area contributed by atoms with Crippen LogP contribution < -0.4 is 4.74 Å². The highest BCUT2D eigenvalue weighted by molar-refractivity contribution is 9.10. The Labute approximate surface area is 140 Å². The zero-order valence-corrected chi connectivity index (χ0v) is 13.9. The zero-order valence-electron chi connectivity index (χ0n) is 11.6. The predicted molar refractivity (Wildman–Crippen MR) is 85.8 cm³/mol. The van der Waals surface area contributed by atoms with Crippen molar-refractivity contribution in [1.82, 2.24) is 15.1 Å². The van der Waals surface area contributed by atoms with Crippen LogP contribution in [0.25, 0.3) is 11.4 Å². The van der Waals surface area contributed by atoms with Gasteiger partial charge in [0.15, 0.2) is 6.61 Å². The van der Waals surface area contributed by atoms with Crippen LogP contribution in [-0.4, -0.2) is 15.1 Å². The second-order valence-electron chi connectivity index (χ2n) is 4.52. The minimum Gasteiger partial charge on any atom is -0.482 e. The molecule has 1 aromatic carbocycles. The summed E-state index contributed by atoms with van der Waals surface area (Å²) in [6.07, 6.45) is 3.35. The van der Waals surface area contributed by atoms with E-state index in [1.54, 1.807) is 18.5 Å². The molecule has 0 atom stereocenters. The van der Waals surface area contributed by atoms with Crippen LogP contribution in [0.5, 0.6) is 5.75 Å². The summed E-state index contributed by atoms with van der Waals surface area (Å²) in [5.41, 5.74) is 1.75. The Morgan fingerprint density at radius 3 is 2.77 bits per heavy atom. The molecule has 0 saturated heterocycles. The average molecular weight is 381 g/mol. The van der Waals surface area contributed by atoms with Crippen molar-refractivity contribution in [3.05, 3.63) is 57.6 Å². The maximum absolute atomic E-state index is 6.24. The molecule has 0 N–H and O–H groups in total. The topological polar surface area (TPSA) is 61.0 Å². The largest absolute Gasteiger partial charge is 0.482 e. The normalized spacial score (nSPS) is 10.7. The van der Waals surface area contributed by atoms with Crippen molar-refractivity contribution in [2.24, 2.45) is 0 Å². The van der Waals surface area contributed by atoms with Crippen molar-refractivity contribution < 1.29 is 9.26 Å². The Morgan fingerprint density at radius 1 is 1.23 bits per heavy atom. The molecule has 0 bridgehead atoms. The first-order valence-electron chi connectivity index (χ1n) is 6.45. The van der Waals surface area contributed by atoms with Gasteiger partial charge in [0.1, 0.15) is 5.75 Å². The number of hydrogen-bond donors (Lipinski definition) is 0. The van der Waals surface area contributed by atoms with Crippen LogP contribution >= 0.6 is 27.5 Å². The predicted octanol–water partition coefficient (Wildman–Crippen LogP) is 4.43. The molecule has 5 nitrogen and oxygen atoms in total. The summed E-state index contributed by atoms with van der Waals surface area (Å²) in [5, 5.41) is 4.48. The van der Waals surface area contributed by atoms with Gasteiger partial charge in [0.05, 0.1) is 5.02 Å². The standard InChI is InChI=1S/C15H11BrClN3O2/c1-9-11(16)2-3-12(14(9)17)21-8-13-19-15(20-22-13)10-4-6-18-7-5-10/h2-7H,8H2,1H3. The van der Waals surface area contributed by atoms with Gasteiger partial charge in [0, 0.05) is 22.4 Å². The smallest absolute Gasteiger partial charge is 0.264 e. The lowest BCUT2D eigenvalue weighted by Crippen LogP contribution is -1.97. The third-order valence-electron chi connectivity index (χ3n) is 3.04. The quantitative estimate of drug-likeness (QED) is 0.670. The maximum Gasteiger partial charge on any atom is 0.264 e. The van der Waals surface area contributed by atoms with Gasteiger partial charge in [-0.15, -0.1) is 0 Å². The number of aromatic nitrogens is 3. The first-order valence-corrected chi connectivity index (χ1v) is 7.62. The highest BCUT2D eigenvalue weighted by atomic mass is 79.9. The van der Waals surface area contributed by atoms with Gasteiger partial charge in [-0.1, -0.05) is 32.7 Å². The van der Waals surface area contributed by atoms with Crippen molar-refractivity contribution >= 4 is 27.5 Å². The fourth-order valence-corrected chi connectivity index (χ4v) is 2.48. The molecule has 0 spiro atoms. The van der Waals surface area contributed by atoms with Crippen molar-refractivity contribution in [2.75, 3.05) is 0 Å². The first kappa shape index (κ1) is 15.0. The van der Waals surface area contributed by atoms with Gasteiger partial charge in [-0.3, -0.25) is 4.98 Å². The van der Waals surface area contributed by atoms with Crippen molar-refractivity contribution in [3.63, 3.8) is 0 Å². The number of ether oxygens (including phenoxy) is 1. The Kier molecular flexibility index (Phi) is 4.40. The van der Waals surface area contributed by atoms with Crippen LogP contribution in [0.1, 0.15) is 11.5 Å². The first-order chi connectivity index (χ1) is 10.6. The van der Waals surface area contributed by atoms with Gasteiger partial charge in [0.2, 0.25) is 5.82 Å². The van der Waals surface area contributed by atoms with Gasteiger partial charge < -0.3 is 9.26 Å². The molecule has 3 rings (SSSR count). The molecule has 3 aromatic rings. The second-order valence-corrected chi connectivity index (χ2v) is 5.75. The average Bonchev–Trinajstić information content (AvgIpc) is 3.02. The minimum absolute atomic E-state index is 0.152. The van der Waals surface area contributed by atoms with Gasteiger partial charge in [-0.05, 0) is 36.8 Å². The zero-order chi connectivity index (χ0) is 15.5. The van der Waals surface area contributed by atoms with Crippen LogP contribution in [0.15, 0.2) is 45.7 Å². The van der Waals surface area contributed by atoms with Crippen LogP contribution in [-0.2, 0) is 6.61 Å². The molecule has 0 aliphatic rings. The number of halogens is 2. The third-order valence-corrected chi connectivity index (χ3v) is 4.37. The summed E-state index contributed by atoms with van der Waals surface area (Å²) in [7, 11) is 0. The summed E-state index contributed by atoms with van der Waals surface area (Å²) in [6.45, 7) is 2.06. The van der Waals surface area contributed by atoms with Crippen molar-refractivity contribution in [3.8, 4) is 17.1 Å². The molecule has 2 aromatic heterocycles. The van der Waals surface area contributed by atoms with E-state index in [0.717, 1.165) is 15.6 Å². The van der Waals surface area contributed by atoms with Crippen molar-refractivity contribution in [1.29, 1.82) is 0 Å². The number of nitrogens with zero attached hydrogens (tertiary/aromatic N) is 3. The van der Waals surface area contributed by atoms with E-state index >= 15 is 0 Å². The van der Waals surface area contributed by atoms with Gasteiger partial charge >= 0.3 is 0 Å². The maximum atomic E-state index is 6.24. The molecular formula is C15H11BrClN3O2. The Bertz CT molecular complexity index is 793. The van der Waals surface area contributed by atoms with Gasteiger partial charge in [0.25, 0.3) is 5.89 Å². The summed E-state index contributed by atoms with van der Waals surface area (Å²) in [4.78, 5) is 8.23. The number of hydrogen-bond acceptors (Lipinski definition) is 5. The van der Waals surface area contributed by atoms with Crippen LogP contribution in [0.3, 0.4) is 0 Å². The molecule has 2 heterocycles. The molecule has 0 aliphatic heterocycles. The third kappa shape index (κ3) is 3.13. The lowest BCUT2D eigenvalue weighted by atomic mass is 10.2. The fraction of sp³-hybridized carbons (Fsp3) is 0.133. The number of benzene rings is 1. The summed E-state index contributed by atoms with van der Waals surface area (Å²) >= 11 is 9.66. The van der Waals surface area contributed by atoms with E-state index in [-0.39, 0.29) is 6.61 Å². The van der Waals surface area contributed by atoms with E-state index in [4.69, 9.17) is 20.9 Å². The summed E-state index contributed by atoms with van der Waals surface area (Å²) in [5.74, 6) is 1.45. The van der Waals surface area contributed by atoms with Gasteiger partial charge in [-0.25, -0.2) is 0 Å². The SMILES string of the molecule is Cc1c(Br)ccc(OCc2nc(-c3ccncc3)no2)c1Cl. The number of pyridine rings is 1. The monoisotopic (exact) mass is 379 g/mol. The molecule has 0 aliphatic carbocycles. The van der Waals surface area contributed by atoms with E-state index < -0.39 is 0 Å². The number of rotatable bonds is 4. The molecule has 22 heavy (non-hydrogen) atoms. The molecule has 0 radical (unpaired) electrons. The molecule has 0 unspecified atom stereocenters. The molecule has 112 valence electrons. The lowest BCUT2D eigenvalue weighted by molar-refractivity contribution is 0.243. The van der Waals surface area contributed by atoms with E-state index in [0.29, 0.717) is 22.5 Å². The molecule has 7 heteroatoms. The summed E-state index contributed by atoms with van der Waals surface area (Å²) in [6, 6.07) is 7.29. The lowest BCUT2D eigenvalue weighted by Gasteiger charge is -2.08. The van der Waals surface area contributed by atoms with E-state index in [9.17, 15) is 0 Å². The molecule has 0 saturated carbocycles. The molecular weight excluding hydrogens is 370 g/mol. The second kappa shape index (κ2) is 6.46.